The van der Waals surface area contributed by atoms with Crippen LogP contribution >= 0.6 is 0 Å². The van der Waals surface area contributed by atoms with E-state index in [0.29, 0.717) is 36.1 Å². The predicted molar refractivity (Wildman–Crippen MR) is 191 cm³/mol. The number of alkyl carbamates (subject to hydrolysis) is 1. The first-order chi connectivity index (χ1) is 23.7. The predicted octanol–water partition coefficient (Wildman–Crippen LogP) is 3.97. The summed E-state index contributed by atoms with van der Waals surface area (Å²) in [4.78, 5) is 70.4. The summed E-state index contributed by atoms with van der Waals surface area (Å²) in [5.74, 6) is -2.14. The maximum absolute atomic E-state index is 14.2. The Morgan fingerprint density at radius 3 is 2.29 bits per heavy atom. The van der Waals surface area contributed by atoms with Crippen molar-refractivity contribution in [2.45, 2.75) is 109 Å². The highest BCUT2D eigenvalue weighted by molar-refractivity contribution is 5.94. The first-order valence-corrected chi connectivity index (χ1v) is 17.4. The van der Waals surface area contributed by atoms with Crippen molar-refractivity contribution in [1.82, 2.24) is 25.8 Å². The van der Waals surface area contributed by atoms with E-state index < -0.39 is 58.8 Å². The molecule has 1 fully saturated rings. The SMILES string of the molecule is CN1CCCCC(N(C)C(=O)[C@H](Cc2ccc(F)cc2)NC(=O)OC(C)(C)C)C(=O)NC(Cc2ccc(O)c(C(C)(C)C)c2)C(=O)NCCC1=O. The summed E-state index contributed by atoms with van der Waals surface area (Å²) >= 11 is 0. The average molecular weight is 712 g/mol. The van der Waals surface area contributed by atoms with Gasteiger partial charge in [-0.15, -0.1) is 0 Å². The lowest BCUT2D eigenvalue weighted by Gasteiger charge is -2.33. The van der Waals surface area contributed by atoms with Gasteiger partial charge in [0.2, 0.25) is 23.6 Å². The van der Waals surface area contributed by atoms with E-state index in [0.717, 1.165) is 0 Å². The fourth-order valence-corrected chi connectivity index (χ4v) is 5.85. The molecule has 1 aliphatic rings. The summed E-state index contributed by atoms with van der Waals surface area (Å²) in [7, 11) is 3.14. The van der Waals surface area contributed by atoms with Crippen molar-refractivity contribution < 1.29 is 38.2 Å². The van der Waals surface area contributed by atoms with Crippen molar-refractivity contribution >= 4 is 29.7 Å². The van der Waals surface area contributed by atoms with E-state index in [1.54, 1.807) is 50.9 Å². The molecule has 51 heavy (non-hydrogen) atoms. The van der Waals surface area contributed by atoms with Gasteiger partial charge in [0.05, 0.1) is 0 Å². The quantitative estimate of drug-likeness (QED) is 0.339. The number of carbonyl (C=O) groups excluding carboxylic acids is 5. The minimum Gasteiger partial charge on any atom is -0.508 e. The lowest BCUT2D eigenvalue weighted by atomic mass is 9.84. The van der Waals surface area contributed by atoms with Gasteiger partial charge in [0.15, 0.2) is 0 Å². The van der Waals surface area contributed by atoms with Crippen molar-refractivity contribution in [2.75, 3.05) is 27.2 Å². The first-order valence-electron chi connectivity index (χ1n) is 17.4. The number of hydrogen-bond donors (Lipinski definition) is 4. The van der Waals surface area contributed by atoms with E-state index in [1.165, 1.54) is 36.2 Å². The summed E-state index contributed by atoms with van der Waals surface area (Å²) in [5.41, 5.74) is 0.696. The van der Waals surface area contributed by atoms with Gasteiger partial charge in [0, 0.05) is 46.4 Å². The Hall–Kier alpha value is -4.68. The fraction of sp³-hybridized carbons (Fsp3) is 0.553. The van der Waals surface area contributed by atoms with Gasteiger partial charge in [-0.2, -0.15) is 0 Å². The van der Waals surface area contributed by atoms with Crippen molar-refractivity contribution in [1.29, 1.82) is 0 Å². The van der Waals surface area contributed by atoms with Crippen LogP contribution in [-0.4, -0.2) is 95.5 Å². The van der Waals surface area contributed by atoms with Gasteiger partial charge in [-0.3, -0.25) is 19.2 Å². The minimum atomic E-state index is -1.17. The number of phenolic OH excluding ortho intramolecular Hbond substituents is 1. The Balaban J connectivity index is 1.97. The van der Waals surface area contributed by atoms with Gasteiger partial charge in [-0.1, -0.05) is 45.0 Å². The van der Waals surface area contributed by atoms with E-state index in [4.69, 9.17) is 4.74 Å². The zero-order valence-corrected chi connectivity index (χ0v) is 31.1. The molecule has 3 rings (SSSR count). The number of aromatic hydroxyl groups is 1. The Kier molecular flexibility index (Phi) is 14.0. The molecule has 1 saturated heterocycles. The molecule has 0 radical (unpaired) electrons. The van der Waals surface area contributed by atoms with Crippen LogP contribution in [0.3, 0.4) is 0 Å². The second-order valence-corrected chi connectivity index (χ2v) is 15.2. The lowest BCUT2D eigenvalue weighted by Crippen LogP contribution is -2.58. The molecule has 2 aromatic carbocycles. The number of likely N-dealkylation sites (N-methyl/N-ethyl adjacent to an activating group) is 1. The number of rotatable bonds is 7. The van der Waals surface area contributed by atoms with E-state index in [-0.39, 0.29) is 43.9 Å². The minimum absolute atomic E-state index is 0.00800. The van der Waals surface area contributed by atoms with Crippen molar-refractivity contribution in [3.05, 3.63) is 65.0 Å². The smallest absolute Gasteiger partial charge is 0.408 e. The molecular formula is C38H54FN5O7. The number of nitrogens with one attached hydrogen (secondary N) is 3. The molecule has 0 spiro atoms. The molecular weight excluding hydrogens is 657 g/mol. The van der Waals surface area contributed by atoms with Crippen LogP contribution in [-0.2, 0) is 42.2 Å². The molecule has 12 nitrogen and oxygen atoms in total. The normalized spacial score (nSPS) is 18.9. The van der Waals surface area contributed by atoms with E-state index in [2.05, 4.69) is 16.0 Å². The van der Waals surface area contributed by atoms with E-state index in [9.17, 15) is 33.5 Å². The van der Waals surface area contributed by atoms with Gasteiger partial charge in [-0.05, 0) is 80.3 Å². The number of halogens is 1. The number of carbonyl (C=O) groups is 5. The van der Waals surface area contributed by atoms with E-state index in [1.807, 2.05) is 20.8 Å². The van der Waals surface area contributed by atoms with Crippen LogP contribution in [0.2, 0.25) is 0 Å². The third kappa shape index (κ3) is 12.6. The Bertz CT molecular complexity index is 1550. The van der Waals surface area contributed by atoms with Crippen LogP contribution in [0.1, 0.15) is 83.9 Å². The van der Waals surface area contributed by atoms with Crippen LogP contribution in [0.25, 0.3) is 0 Å². The maximum atomic E-state index is 14.2. The van der Waals surface area contributed by atoms with Gasteiger partial charge in [0.1, 0.15) is 35.3 Å². The van der Waals surface area contributed by atoms with E-state index >= 15 is 0 Å². The largest absolute Gasteiger partial charge is 0.508 e. The topological polar surface area (TPSA) is 157 Å². The molecule has 0 aliphatic carbocycles. The monoisotopic (exact) mass is 711 g/mol. The van der Waals surface area contributed by atoms with Crippen molar-refractivity contribution in [3.63, 3.8) is 0 Å². The summed E-state index contributed by atoms with van der Waals surface area (Å²) < 4.78 is 19.1. The molecule has 2 aromatic rings. The molecule has 0 saturated carbocycles. The fourth-order valence-electron chi connectivity index (χ4n) is 5.85. The number of phenols is 1. The second kappa shape index (κ2) is 17.5. The van der Waals surface area contributed by atoms with Gasteiger partial charge in [-0.25, -0.2) is 9.18 Å². The molecule has 3 atom stereocenters. The number of nitrogens with zero attached hydrogens (tertiary/aromatic N) is 2. The number of hydrogen-bond acceptors (Lipinski definition) is 7. The molecule has 280 valence electrons. The lowest BCUT2D eigenvalue weighted by molar-refractivity contribution is -0.141. The molecule has 13 heteroatoms. The molecule has 0 aromatic heterocycles. The van der Waals surface area contributed by atoms with Crippen LogP contribution in [0, 0.1) is 5.82 Å². The van der Waals surface area contributed by atoms with Gasteiger partial charge >= 0.3 is 6.09 Å². The van der Waals surface area contributed by atoms with Gasteiger partial charge < -0.3 is 35.6 Å². The van der Waals surface area contributed by atoms with Crippen LogP contribution < -0.4 is 16.0 Å². The van der Waals surface area contributed by atoms with Crippen molar-refractivity contribution in [2.24, 2.45) is 0 Å². The number of amides is 5. The third-order valence-electron chi connectivity index (χ3n) is 8.69. The number of benzene rings is 2. The Morgan fingerprint density at radius 1 is 1.02 bits per heavy atom. The second-order valence-electron chi connectivity index (χ2n) is 15.2. The van der Waals surface area contributed by atoms with Crippen molar-refractivity contribution in [3.8, 4) is 5.75 Å². The summed E-state index contributed by atoms with van der Waals surface area (Å²) in [5, 5.41) is 18.8. The highest BCUT2D eigenvalue weighted by Gasteiger charge is 2.35. The molecule has 0 bridgehead atoms. The van der Waals surface area contributed by atoms with Crippen LogP contribution in [0.5, 0.6) is 5.75 Å². The van der Waals surface area contributed by atoms with Crippen LogP contribution in [0.15, 0.2) is 42.5 Å². The molecule has 1 aliphatic heterocycles. The molecule has 2 unspecified atom stereocenters. The summed E-state index contributed by atoms with van der Waals surface area (Å²) in [6.07, 6.45) is 0.559. The first kappa shape index (κ1) is 40.7. The zero-order valence-electron chi connectivity index (χ0n) is 31.1. The summed E-state index contributed by atoms with van der Waals surface area (Å²) in [6.45, 7) is 11.4. The Labute approximate surface area is 300 Å². The van der Waals surface area contributed by atoms with Crippen LogP contribution in [0.4, 0.5) is 9.18 Å². The molecule has 5 amide bonds. The number of ether oxygens (including phenoxy) is 1. The molecule has 4 N–H and O–H groups in total. The zero-order chi connectivity index (χ0) is 38.1. The maximum Gasteiger partial charge on any atom is 0.408 e. The third-order valence-corrected chi connectivity index (χ3v) is 8.69. The standard InChI is InChI=1S/C38H54FN5O7/c1-37(2,3)27-21-25(14-17-31(27)45)23-28-33(47)40-19-18-32(46)43(7)20-10-9-11-30(34(48)41-28)44(8)35(49)29(42-36(50)51-38(4,5)6)22-24-12-15-26(39)16-13-24/h12-17,21,28-30,45H,9-11,18-20,22-23H2,1-8H3,(H,40,47)(H,41,48)(H,42,50)/t28?,29-,30?/m0/s1. The highest BCUT2D eigenvalue weighted by atomic mass is 19.1. The summed E-state index contributed by atoms with van der Waals surface area (Å²) in [6, 6.07) is 7.26. The highest BCUT2D eigenvalue weighted by Crippen LogP contribution is 2.31. The average Bonchev–Trinajstić information content (AvgIpc) is 3.03. The van der Waals surface area contributed by atoms with Gasteiger partial charge in [0.25, 0.3) is 0 Å². The Morgan fingerprint density at radius 2 is 1.67 bits per heavy atom. The molecule has 1 heterocycles.